The Kier molecular flexibility index (Phi) is 7.92. The molecule has 1 heterocycles. The van der Waals surface area contributed by atoms with Crippen LogP contribution in [-0.4, -0.2) is 53.3 Å². The van der Waals surface area contributed by atoms with Crippen molar-refractivity contribution in [2.75, 3.05) is 26.7 Å². The summed E-state index contributed by atoms with van der Waals surface area (Å²) in [6, 6.07) is 10.1. The minimum absolute atomic E-state index is 0.0112. The first kappa shape index (κ1) is 20.6. The summed E-state index contributed by atoms with van der Waals surface area (Å²) in [7, 11) is 1.78. The van der Waals surface area contributed by atoms with E-state index in [1.807, 2.05) is 12.1 Å². The van der Waals surface area contributed by atoms with Gasteiger partial charge in [-0.1, -0.05) is 12.1 Å². The monoisotopic (exact) mass is 371 g/mol. The minimum atomic E-state index is -0.275. The van der Waals surface area contributed by atoms with Gasteiger partial charge in [0.05, 0.1) is 0 Å². The maximum atomic E-state index is 13.0. The second-order valence-corrected chi connectivity index (χ2v) is 6.55. The molecule has 6 heteroatoms. The number of hydrogen-bond donors (Lipinski definition) is 0. The molecule has 0 spiro atoms. The van der Waals surface area contributed by atoms with Gasteiger partial charge in [0.2, 0.25) is 11.8 Å². The Balaban J connectivity index is 1.77. The largest absolute Gasteiger partial charge is 0.345 e. The van der Waals surface area contributed by atoms with E-state index in [1.165, 1.54) is 19.1 Å². The molecule has 0 atom stereocenters. The molecule has 0 fully saturated rings. The molecule has 2 aromatic rings. The van der Waals surface area contributed by atoms with Crippen LogP contribution in [0.25, 0.3) is 0 Å². The number of benzene rings is 1. The lowest BCUT2D eigenvalue weighted by molar-refractivity contribution is -0.132. The summed E-state index contributed by atoms with van der Waals surface area (Å²) in [6.45, 7) is 3.02. The Hall–Kier alpha value is -2.76. The fourth-order valence-electron chi connectivity index (χ4n) is 2.73. The van der Waals surface area contributed by atoms with Gasteiger partial charge in [0, 0.05) is 52.4 Å². The lowest BCUT2D eigenvalue weighted by Crippen LogP contribution is -2.36. The van der Waals surface area contributed by atoms with Gasteiger partial charge in [-0.05, 0) is 48.2 Å². The van der Waals surface area contributed by atoms with Gasteiger partial charge in [-0.25, -0.2) is 4.39 Å². The molecule has 27 heavy (non-hydrogen) atoms. The second kappa shape index (κ2) is 10.4. The molecular formula is C21H26FN3O2. The molecule has 2 amide bonds. The van der Waals surface area contributed by atoms with Gasteiger partial charge in [0.25, 0.3) is 0 Å². The van der Waals surface area contributed by atoms with Gasteiger partial charge in [-0.3, -0.25) is 14.6 Å². The van der Waals surface area contributed by atoms with Crippen LogP contribution in [0.5, 0.6) is 0 Å². The van der Waals surface area contributed by atoms with E-state index in [0.717, 1.165) is 17.5 Å². The van der Waals surface area contributed by atoms with Crippen LogP contribution in [0.4, 0.5) is 4.39 Å². The molecule has 0 unspecified atom stereocenters. The number of hydrogen-bond acceptors (Lipinski definition) is 3. The van der Waals surface area contributed by atoms with Crippen LogP contribution < -0.4 is 0 Å². The Morgan fingerprint density at radius 3 is 2.15 bits per heavy atom. The summed E-state index contributed by atoms with van der Waals surface area (Å²) in [5.74, 6) is -0.330. The normalized spacial score (nSPS) is 10.5. The number of aromatic nitrogens is 1. The van der Waals surface area contributed by atoms with E-state index in [-0.39, 0.29) is 24.1 Å². The lowest BCUT2D eigenvalue weighted by atomic mass is 10.1. The molecule has 0 saturated heterocycles. The first-order chi connectivity index (χ1) is 13.0. The molecule has 5 nitrogen and oxygen atoms in total. The molecule has 144 valence electrons. The van der Waals surface area contributed by atoms with Gasteiger partial charge in [0.1, 0.15) is 5.82 Å². The van der Waals surface area contributed by atoms with Crippen LogP contribution in [0.1, 0.15) is 24.5 Å². The van der Waals surface area contributed by atoms with Crippen molar-refractivity contribution in [3.05, 3.63) is 65.7 Å². The van der Waals surface area contributed by atoms with Crippen molar-refractivity contribution in [1.82, 2.24) is 14.8 Å². The molecule has 2 rings (SSSR count). The third-order valence-corrected chi connectivity index (χ3v) is 4.54. The number of likely N-dealkylation sites (N-methyl/N-ethyl adjacent to an activating group) is 1. The summed E-state index contributed by atoms with van der Waals surface area (Å²) in [5.41, 5.74) is 2.10. The minimum Gasteiger partial charge on any atom is -0.345 e. The van der Waals surface area contributed by atoms with Crippen molar-refractivity contribution < 1.29 is 14.0 Å². The lowest BCUT2D eigenvalue weighted by Gasteiger charge is -2.23. The number of pyridine rings is 1. The Morgan fingerprint density at radius 1 is 0.926 bits per heavy atom. The predicted molar refractivity (Wildman–Crippen MR) is 103 cm³/mol. The zero-order chi connectivity index (χ0) is 19.6. The van der Waals surface area contributed by atoms with E-state index in [4.69, 9.17) is 0 Å². The average Bonchev–Trinajstić information content (AvgIpc) is 2.67. The zero-order valence-electron chi connectivity index (χ0n) is 15.9. The van der Waals surface area contributed by atoms with Crippen molar-refractivity contribution in [3.63, 3.8) is 0 Å². The van der Waals surface area contributed by atoms with Gasteiger partial charge < -0.3 is 9.80 Å². The molecule has 0 saturated carbocycles. The highest BCUT2D eigenvalue weighted by Crippen LogP contribution is 2.06. The highest BCUT2D eigenvalue weighted by molar-refractivity contribution is 5.78. The Morgan fingerprint density at radius 2 is 1.52 bits per heavy atom. The molecule has 0 N–H and O–H groups in total. The van der Waals surface area contributed by atoms with Crippen molar-refractivity contribution in [1.29, 1.82) is 0 Å². The smallest absolute Gasteiger partial charge is 0.224 e. The SMILES string of the molecule is CC(=O)N(CCC(=O)N(C)CCc1ccncc1)CCc1ccc(F)cc1. The Bertz CT molecular complexity index is 735. The van der Waals surface area contributed by atoms with E-state index in [1.54, 1.807) is 41.4 Å². The summed E-state index contributed by atoms with van der Waals surface area (Å²) in [5, 5.41) is 0. The van der Waals surface area contributed by atoms with Gasteiger partial charge >= 0.3 is 0 Å². The van der Waals surface area contributed by atoms with Crippen LogP contribution in [0.2, 0.25) is 0 Å². The fraction of sp³-hybridized carbons (Fsp3) is 0.381. The number of carbonyl (C=O) groups excluding carboxylic acids is 2. The van der Waals surface area contributed by atoms with Crippen molar-refractivity contribution in [3.8, 4) is 0 Å². The van der Waals surface area contributed by atoms with Crippen molar-refractivity contribution >= 4 is 11.8 Å². The van der Waals surface area contributed by atoms with Crippen LogP contribution in [0.3, 0.4) is 0 Å². The quantitative estimate of drug-likeness (QED) is 0.681. The Labute approximate surface area is 159 Å². The molecule has 0 bridgehead atoms. The third-order valence-electron chi connectivity index (χ3n) is 4.54. The van der Waals surface area contributed by atoms with Gasteiger partial charge in [-0.15, -0.1) is 0 Å². The standard InChI is InChI=1S/C21H26FN3O2/c1-17(26)25(15-10-18-3-5-20(22)6-4-18)16-11-21(27)24(2)14-9-19-7-12-23-13-8-19/h3-8,12-13H,9-11,14-16H2,1-2H3. The van der Waals surface area contributed by atoms with Gasteiger partial charge in [-0.2, -0.15) is 0 Å². The molecule has 1 aromatic heterocycles. The molecule has 0 radical (unpaired) electrons. The number of carbonyl (C=O) groups is 2. The molecule has 0 aliphatic rings. The van der Waals surface area contributed by atoms with E-state index >= 15 is 0 Å². The molecule has 0 aliphatic carbocycles. The predicted octanol–water partition coefficient (Wildman–Crippen LogP) is 2.70. The summed E-state index contributed by atoms with van der Waals surface area (Å²) in [4.78, 5) is 31.5. The average molecular weight is 371 g/mol. The van der Waals surface area contributed by atoms with E-state index in [0.29, 0.717) is 26.1 Å². The summed E-state index contributed by atoms with van der Waals surface area (Å²) < 4.78 is 13.0. The fourth-order valence-corrected chi connectivity index (χ4v) is 2.73. The summed E-state index contributed by atoms with van der Waals surface area (Å²) >= 11 is 0. The zero-order valence-corrected chi connectivity index (χ0v) is 15.9. The topological polar surface area (TPSA) is 53.5 Å². The number of rotatable bonds is 9. The number of nitrogens with zero attached hydrogens (tertiary/aromatic N) is 3. The van der Waals surface area contributed by atoms with Crippen LogP contribution in [-0.2, 0) is 22.4 Å². The van der Waals surface area contributed by atoms with E-state index < -0.39 is 0 Å². The molecule has 0 aliphatic heterocycles. The summed E-state index contributed by atoms with van der Waals surface area (Å²) in [6.07, 6.45) is 5.17. The van der Waals surface area contributed by atoms with E-state index in [9.17, 15) is 14.0 Å². The van der Waals surface area contributed by atoms with Crippen LogP contribution in [0, 0.1) is 5.82 Å². The van der Waals surface area contributed by atoms with Crippen molar-refractivity contribution in [2.45, 2.75) is 26.2 Å². The number of halogens is 1. The maximum Gasteiger partial charge on any atom is 0.224 e. The number of amides is 2. The highest BCUT2D eigenvalue weighted by Gasteiger charge is 2.14. The first-order valence-corrected chi connectivity index (χ1v) is 9.08. The molecule has 1 aromatic carbocycles. The van der Waals surface area contributed by atoms with Crippen LogP contribution in [0.15, 0.2) is 48.8 Å². The highest BCUT2D eigenvalue weighted by atomic mass is 19.1. The van der Waals surface area contributed by atoms with E-state index in [2.05, 4.69) is 4.98 Å². The second-order valence-electron chi connectivity index (χ2n) is 6.55. The van der Waals surface area contributed by atoms with Crippen LogP contribution >= 0.6 is 0 Å². The van der Waals surface area contributed by atoms with Crippen molar-refractivity contribution in [2.24, 2.45) is 0 Å². The van der Waals surface area contributed by atoms with Gasteiger partial charge in [0.15, 0.2) is 0 Å². The first-order valence-electron chi connectivity index (χ1n) is 9.08. The molecular weight excluding hydrogens is 345 g/mol. The third kappa shape index (κ3) is 7.17. The maximum absolute atomic E-state index is 13.0.